The smallest absolute Gasteiger partial charge is 0.164 e. The molecule has 0 heterocycles. The summed E-state index contributed by atoms with van der Waals surface area (Å²) in [6.07, 6.45) is 1.50. The fourth-order valence-electron chi connectivity index (χ4n) is 0.422. The van der Waals surface area contributed by atoms with Gasteiger partial charge in [0.15, 0.2) is 5.78 Å². The van der Waals surface area contributed by atoms with E-state index < -0.39 is 0 Å². The number of nitrogens with zero attached hydrogens (tertiary/aromatic N) is 1. The second-order valence-electron chi connectivity index (χ2n) is 1.76. The van der Waals surface area contributed by atoms with Gasteiger partial charge >= 0.3 is 0 Å². The average molecular weight is 139 g/mol. The van der Waals surface area contributed by atoms with E-state index in [9.17, 15) is 9.70 Å². The SMILES string of the molecule is C=CC(=C)C(=O)CCN=O. The Morgan fingerprint density at radius 2 is 2.20 bits per heavy atom. The zero-order valence-electron chi connectivity index (χ0n) is 5.67. The fraction of sp³-hybridized carbons (Fsp3) is 0.286. The van der Waals surface area contributed by atoms with E-state index in [0.29, 0.717) is 5.57 Å². The molecular formula is C7H9NO2. The van der Waals surface area contributed by atoms with E-state index in [1.54, 1.807) is 0 Å². The number of hydrogen-bond acceptors (Lipinski definition) is 3. The highest BCUT2D eigenvalue weighted by atomic mass is 16.3. The minimum Gasteiger partial charge on any atom is -0.294 e. The summed E-state index contributed by atoms with van der Waals surface area (Å²) in [6.45, 7) is 6.79. The van der Waals surface area contributed by atoms with Crippen LogP contribution in [0.1, 0.15) is 6.42 Å². The van der Waals surface area contributed by atoms with E-state index in [0.717, 1.165) is 0 Å². The lowest BCUT2D eigenvalue weighted by Gasteiger charge is -1.92. The number of hydrogen-bond donors (Lipinski definition) is 0. The zero-order chi connectivity index (χ0) is 7.98. The first kappa shape index (κ1) is 8.75. The van der Waals surface area contributed by atoms with Gasteiger partial charge in [-0.1, -0.05) is 24.4 Å². The second-order valence-corrected chi connectivity index (χ2v) is 1.76. The van der Waals surface area contributed by atoms with Crippen LogP contribution >= 0.6 is 0 Å². The van der Waals surface area contributed by atoms with Crippen LogP contribution in [0.15, 0.2) is 30.0 Å². The van der Waals surface area contributed by atoms with Gasteiger partial charge in [0.05, 0.1) is 6.54 Å². The van der Waals surface area contributed by atoms with E-state index in [2.05, 4.69) is 18.3 Å². The van der Waals surface area contributed by atoms with Crippen LogP contribution in [-0.4, -0.2) is 12.3 Å². The minimum atomic E-state index is -0.172. The standard InChI is InChI=1S/C7H9NO2/c1-3-6(2)7(9)4-5-8-10/h3H,1-2,4-5H2. The van der Waals surface area contributed by atoms with Gasteiger partial charge < -0.3 is 0 Å². The van der Waals surface area contributed by atoms with Crippen molar-refractivity contribution in [3.05, 3.63) is 29.7 Å². The highest BCUT2D eigenvalue weighted by molar-refractivity contribution is 5.97. The lowest BCUT2D eigenvalue weighted by atomic mass is 10.1. The molecule has 0 fully saturated rings. The summed E-state index contributed by atoms with van der Waals surface area (Å²) in [5, 5.41) is 2.55. The molecule has 0 saturated heterocycles. The molecule has 0 bridgehead atoms. The Morgan fingerprint density at radius 3 is 2.60 bits per heavy atom. The normalized spacial score (nSPS) is 8.40. The fourth-order valence-corrected chi connectivity index (χ4v) is 0.422. The summed E-state index contributed by atoms with van der Waals surface area (Å²) in [4.78, 5) is 20.3. The van der Waals surface area contributed by atoms with Crippen LogP contribution in [-0.2, 0) is 4.79 Å². The van der Waals surface area contributed by atoms with Crippen LogP contribution in [0.4, 0.5) is 0 Å². The number of carbonyl (C=O) groups excluding carboxylic acids is 1. The molecule has 0 amide bonds. The van der Waals surface area contributed by atoms with Gasteiger partial charge in [0.2, 0.25) is 0 Å². The summed E-state index contributed by atoms with van der Waals surface area (Å²) in [5.41, 5.74) is 0.337. The Balaban J connectivity index is 3.73. The molecular weight excluding hydrogens is 130 g/mol. The highest BCUT2D eigenvalue weighted by Gasteiger charge is 2.01. The third-order valence-electron chi connectivity index (χ3n) is 1.03. The van der Waals surface area contributed by atoms with Crippen LogP contribution in [0.2, 0.25) is 0 Å². The molecule has 3 nitrogen and oxygen atoms in total. The number of carbonyl (C=O) groups is 1. The molecule has 0 spiro atoms. The largest absolute Gasteiger partial charge is 0.294 e. The molecule has 3 heteroatoms. The van der Waals surface area contributed by atoms with E-state index in [1.807, 2.05) is 0 Å². The van der Waals surface area contributed by atoms with E-state index in [-0.39, 0.29) is 18.7 Å². The van der Waals surface area contributed by atoms with Crippen LogP contribution in [0.3, 0.4) is 0 Å². The van der Waals surface area contributed by atoms with Crippen molar-refractivity contribution in [2.45, 2.75) is 6.42 Å². The molecule has 0 aromatic heterocycles. The molecule has 0 saturated carbocycles. The van der Waals surface area contributed by atoms with Crippen molar-refractivity contribution in [1.29, 1.82) is 0 Å². The molecule has 0 radical (unpaired) electrons. The summed E-state index contributed by atoms with van der Waals surface area (Å²) in [5.74, 6) is -0.172. The molecule has 0 aromatic carbocycles. The monoisotopic (exact) mass is 139 g/mol. The first-order chi connectivity index (χ1) is 4.72. The van der Waals surface area contributed by atoms with Crippen molar-refractivity contribution in [3.8, 4) is 0 Å². The molecule has 0 aliphatic rings. The number of ketones is 1. The highest BCUT2D eigenvalue weighted by Crippen LogP contribution is 1.97. The molecule has 0 aliphatic carbocycles. The van der Waals surface area contributed by atoms with Crippen molar-refractivity contribution in [3.63, 3.8) is 0 Å². The molecule has 0 aromatic rings. The summed E-state index contributed by atoms with van der Waals surface area (Å²) < 4.78 is 0. The Kier molecular flexibility index (Phi) is 4.04. The molecule has 0 unspecified atom stereocenters. The Morgan fingerprint density at radius 1 is 1.60 bits per heavy atom. The van der Waals surface area contributed by atoms with Gasteiger partial charge in [-0.3, -0.25) is 4.79 Å². The van der Waals surface area contributed by atoms with Gasteiger partial charge in [-0.15, -0.1) is 0 Å². The Bertz CT molecular complexity index is 172. The summed E-state index contributed by atoms with van der Waals surface area (Å²) in [6, 6.07) is 0. The van der Waals surface area contributed by atoms with Gasteiger partial charge in [0.25, 0.3) is 0 Å². The van der Waals surface area contributed by atoms with E-state index >= 15 is 0 Å². The van der Waals surface area contributed by atoms with Crippen molar-refractivity contribution >= 4 is 5.78 Å². The molecule has 54 valence electrons. The number of nitroso groups, excluding NO2 is 1. The van der Waals surface area contributed by atoms with Gasteiger partial charge in [-0.25, -0.2) is 0 Å². The van der Waals surface area contributed by atoms with Crippen molar-refractivity contribution in [2.75, 3.05) is 6.54 Å². The average Bonchev–Trinajstić information content (AvgIpc) is 1.98. The Labute approximate surface area is 59.4 Å². The third kappa shape index (κ3) is 2.91. The summed E-state index contributed by atoms with van der Waals surface area (Å²) >= 11 is 0. The molecule has 0 aliphatic heterocycles. The van der Waals surface area contributed by atoms with E-state index in [4.69, 9.17) is 0 Å². The van der Waals surface area contributed by atoms with E-state index in [1.165, 1.54) is 6.08 Å². The Hall–Kier alpha value is -1.25. The van der Waals surface area contributed by atoms with Crippen LogP contribution < -0.4 is 0 Å². The van der Waals surface area contributed by atoms with Crippen molar-refractivity contribution in [2.24, 2.45) is 5.18 Å². The van der Waals surface area contributed by atoms with Crippen molar-refractivity contribution < 1.29 is 4.79 Å². The first-order valence-corrected chi connectivity index (χ1v) is 2.86. The third-order valence-corrected chi connectivity index (χ3v) is 1.03. The number of Topliss-reactive ketones (excluding diaryl/α,β-unsaturated/α-hetero) is 1. The lowest BCUT2D eigenvalue weighted by molar-refractivity contribution is -0.115. The van der Waals surface area contributed by atoms with Crippen LogP contribution in [0.5, 0.6) is 0 Å². The predicted molar refractivity (Wildman–Crippen MR) is 39.6 cm³/mol. The predicted octanol–water partition coefficient (Wildman–Crippen LogP) is 1.45. The maximum absolute atomic E-state index is 10.8. The maximum Gasteiger partial charge on any atom is 0.164 e. The van der Waals surface area contributed by atoms with Gasteiger partial charge in [-0.05, 0) is 0 Å². The van der Waals surface area contributed by atoms with Crippen LogP contribution in [0, 0.1) is 4.91 Å². The minimum absolute atomic E-state index is 0.0195. The molecule has 0 atom stereocenters. The van der Waals surface area contributed by atoms with Gasteiger partial charge in [-0.2, -0.15) is 4.91 Å². The maximum atomic E-state index is 10.8. The first-order valence-electron chi connectivity index (χ1n) is 2.86. The quantitative estimate of drug-likeness (QED) is 0.329. The lowest BCUT2D eigenvalue weighted by Crippen LogP contribution is -2.00. The van der Waals surface area contributed by atoms with Crippen LogP contribution in [0.25, 0.3) is 0 Å². The van der Waals surface area contributed by atoms with Gasteiger partial charge in [0.1, 0.15) is 0 Å². The molecule has 10 heavy (non-hydrogen) atoms. The van der Waals surface area contributed by atoms with Crippen molar-refractivity contribution in [1.82, 2.24) is 0 Å². The number of rotatable bonds is 5. The topological polar surface area (TPSA) is 46.5 Å². The second kappa shape index (κ2) is 4.61. The number of allylic oxidation sites excluding steroid dienone is 2. The zero-order valence-corrected chi connectivity index (χ0v) is 5.67. The molecule has 0 rings (SSSR count). The molecule has 0 N–H and O–H groups in total. The van der Waals surface area contributed by atoms with Gasteiger partial charge in [0, 0.05) is 12.0 Å². The summed E-state index contributed by atoms with van der Waals surface area (Å²) in [7, 11) is 0.